The van der Waals surface area contributed by atoms with Gasteiger partial charge in [-0.05, 0) is 34.9 Å². The van der Waals surface area contributed by atoms with Crippen LogP contribution in [0.2, 0.25) is 0 Å². The van der Waals surface area contributed by atoms with Crippen LogP contribution in [0.25, 0.3) is 11.1 Å². The Morgan fingerprint density at radius 1 is 1.11 bits per heavy atom. The van der Waals surface area contributed by atoms with E-state index in [-0.39, 0.29) is 44.2 Å². The maximum atomic E-state index is 12.8. The van der Waals surface area contributed by atoms with Crippen LogP contribution < -0.4 is 5.32 Å². The molecule has 1 aliphatic heterocycles. The number of amides is 2. The van der Waals surface area contributed by atoms with Crippen LogP contribution in [-0.2, 0) is 19.1 Å². The Hall–Kier alpha value is -3.04. The van der Waals surface area contributed by atoms with Crippen molar-refractivity contribution in [1.29, 1.82) is 0 Å². The molecule has 35 heavy (non-hydrogen) atoms. The molecule has 186 valence electrons. The van der Waals surface area contributed by atoms with Crippen molar-refractivity contribution in [3.05, 3.63) is 59.7 Å². The number of carboxylic acid groups (broad SMARTS) is 1. The van der Waals surface area contributed by atoms with Crippen molar-refractivity contribution in [1.82, 2.24) is 10.2 Å². The number of aliphatic carboxylic acids is 1. The summed E-state index contributed by atoms with van der Waals surface area (Å²) < 4.78 is 11.2. The van der Waals surface area contributed by atoms with E-state index in [0.29, 0.717) is 18.7 Å². The lowest BCUT2D eigenvalue weighted by Crippen LogP contribution is -2.41. The zero-order valence-electron chi connectivity index (χ0n) is 19.6. The third kappa shape index (κ3) is 5.97. The highest BCUT2D eigenvalue weighted by Crippen LogP contribution is 2.44. The molecular weight excluding hydrogens is 468 g/mol. The highest BCUT2D eigenvalue weighted by Gasteiger charge is 2.34. The Balaban J connectivity index is 1.26. The van der Waals surface area contributed by atoms with Gasteiger partial charge in [0.05, 0.1) is 18.6 Å². The first-order valence-corrected chi connectivity index (χ1v) is 13.1. The Morgan fingerprint density at radius 2 is 1.77 bits per heavy atom. The highest BCUT2D eigenvalue weighted by molar-refractivity contribution is 7.98. The molecule has 2 aliphatic rings. The second-order valence-electron chi connectivity index (χ2n) is 8.74. The van der Waals surface area contributed by atoms with E-state index >= 15 is 0 Å². The lowest BCUT2D eigenvalue weighted by molar-refractivity contribution is -0.146. The van der Waals surface area contributed by atoms with Gasteiger partial charge in [0.1, 0.15) is 13.2 Å². The number of carbonyl (C=O) groups is 3. The van der Waals surface area contributed by atoms with Gasteiger partial charge in [-0.1, -0.05) is 48.5 Å². The lowest BCUT2D eigenvalue weighted by atomic mass is 9.98. The maximum Gasteiger partial charge on any atom is 0.407 e. The molecule has 2 amide bonds. The molecule has 2 N–H and O–H groups in total. The van der Waals surface area contributed by atoms with Crippen molar-refractivity contribution >= 4 is 29.7 Å². The van der Waals surface area contributed by atoms with Gasteiger partial charge < -0.3 is 24.8 Å². The highest BCUT2D eigenvalue weighted by atomic mass is 32.2. The molecule has 2 atom stereocenters. The first kappa shape index (κ1) is 25.1. The number of hydrogen-bond acceptors (Lipinski definition) is 6. The number of nitrogens with zero attached hydrogens (tertiary/aromatic N) is 1. The van der Waals surface area contributed by atoms with Gasteiger partial charge in [-0.15, -0.1) is 0 Å². The standard InChI is InChI=1S/C26H30N2O6S/c1-35-11-10-28(14-24(29)30)25(31)17-12-18(33-15-17)13-27-26(32)34-16-23-21-8-4-2-6-19(21)20-7-3-5-9-22(20)23/h2-9,17-18,23H,10-16H2,1H3,(H,27,32)(H,29,30)/t17-,18-/m0/s1. The molecule has 0 radical (unpaired) electrons. The normalized spacial score (nSPS) is 18.5. The van der Waals surface area contributed by atoms with E-state index in [1.54, 1.807) is 11.8 Å². The zero-order chi connectivity index (χ0) is 24.8. The van der Waals surface area contributed by atoms with E-state index in [9.17, 15) is 14.4 Å². The third-order valence-electron chi connectivity index (χ3n) is 6.45. The molecule has 9 heteroatoms. The average Bonchev–Trinajstić information content (AvgIpc) is 3.46. The molecule has 1 heterocycles. The second-order valence-corrected chi connectivity index (χ2v) is 9.73. The largest absolute Gasteiger partial charge is 0.480 e. The minimum absolute atomic E-state index is 0.0145. The number of nitrogens with one attached hydrogen (secondary N) is 1. The van der Waals surface area contributed by atoms with E-state index in [2.05, 4.69) is 29.6 Å². The summed E-state index contributed by atoms with van der Waals surface area (Å²) in [6.07, 6.45) is 1.49. The minimum atomic E-state index is -1.04. The topological polar surface area (TPSA) is 105 Å². The Labute approximate surface area is 209 Å². The molecular formula is C26H30N2O6S. The van der Waals surface area contributed by atoms with Gasteiger partial charge in [-0.25, -0.2) is 4.79 Å². The first-order chi connectivity index (χ1) is 17.0. The number of fused-ring (bicyclic) bond motifs is 3. The van der Waals surface area contributed by atoms with Crippen LogP contribution in [0.5, 0.6) is 0 Å². The molecule has 0 saturated carbocycles. The quantitative estimate of drug-likeness (QED) is 0.518. The molecule has 0 unspecified atom stereocenters. The van der Waals surface area contributed by atoms with Crippen LogP contribution in [0.1, 0.15) is 23.5 Å². The van der Waals surface area contributed by atoms with Gasteiger partial charge >= 0.3 is 12.1 Å². The summed E-state index contributed by atoms with van der Waals surface area (Å²) in [5.41, 5.74) is 4.63. The van der Waals surface area contributed by atoms with E-state index in [1.165, 1.54) is 16.0 Å². The summed E-state index contributed by atoms with van der Waals surface area (Å²) in [6, 6.07) is 16.3. The fraction of sp³-hybridized carbons (Fsp3) is 0.423. The molecule has 8 nitrogen and oxygen atoms in total. The summed E-state index contributed by atoms with van der Waals surface area (Å²) in [4.78, 5) is 37.7. The number of carbonyl (C=O) groups excluding carboxylic acids is 2. The van der Waals surface area contributed by atoms with E-state index in [1.807, 2.05) is 30.5 Å². The average molecular weight is 499 g/mol. The molecule has 2 aromatic carbocycles. The number of benzene rings is 2. The predicted octanol–water partition coefficient (Wildman–Crippen LogP) is 3.21. The van der Waals surface area contributed by atoms with E-state index < -0.39 is 18.0 Å². The third-order valence-corrected chi connectivity index (χ3v) is 7.04. The van der Waals surface area contributed by atoms with Crippen LogP contribution in [0.15, 0.2) is 48.5 Å². The van der Waals surface area contributed by atoms with Crippen molar-refractivity contribution in [3.63, 3.8) is 0 Å². The van der Waals surface area contributed by atoms with Crippen LogP contribution in [-0.4, -0.2) is 78.9 Å². The van der Waals surface area contributed by atoms with E-state index in [4.69, 9.17) is 14.6 Å². The van der Waals surface area contributed by atoms with Crippen molar-refractivity contribution in [2.75, 3.05) is 44.9 Å². The SMILES string of the molecule is CSCCN(CC(=O)O)C(=O)[C@@H]1CO[C@H](CNC(=O)OCC2c3ccccc3-c3ccccc32)C1. The molecule has 0 aromatic heterocycles. The minimum Gasteiger partial charge on any atom is -0.480 e. The van der Waals surface area contributed by atoms with Crippen molar-refractivity contribution in [2.45, 2.75) is 18.4 Å². The Kier molecular flexibility index (Phi) is 8.30. The first-order valence-electron chi connectivity index (χ1n) is 11.7. The number of alkyl carbamates (subject to hydrolysis) is 1. The molecule has 4 rings (SSSR count). The van der Waals surface area contributed by atoms with Gasteiger partial charge in [0.25, 0.3) is 0 Å². The summed E-state index contributed by atoms with van der Waals surface area (Å²) in [5, 5.41) is 11.9. The fourth-order valence-electron chi connectivity index (χ4n) is 4.76. The summed E-state index contributed by atoms with van der Waals surface area (Å²) in [6.45, 7) is 0.728. The number of carboxylic acids is 1. The molecule has 0 bridgehead atoms. The van der Waals surface area contributed by atoms with Gasteiger partial charge in [-0.2, -0.15) is 11.8 Å². The Bertz CT molecular complexity index is 1030. The van der Waals surface area contributed by atoms with Gasteiger partial charge in [0, 0.05) is 24.8 Å². The summed E-state index contributed by atoms with van der Waals surface area (Å²) >= 11 is 1.56. The van der Waals surface area contributed by atoms with Crippen molar-refractivity contribution in [2.24, 2.45) is 5.92 Å². The number of rotatable bonds is 10. The predicted molar refractivity (Wildman–Crippen MR) is 134 cm³/mol. The van der Waals surface area contributed by atoms with Gasteiger partial charge in [0.2, 0.25) is 5.91 Å². The molecule has 1 fully saturated rings. The molecule has 0 spiro atoms. The molecule has 2 aromatic rings. The summed E-state index contributed by atoms with van der Waals surface area (Å²) in [5.74, 6) is -1.01. The Morgan fingerprint density at radius 3 is 2.40 bits per heavy atom. The van der Waals surface area contributed by atoms with Gasteiger partial charge in [-0.3, -0.25) is 9.59 Å². The van der Waals surface area contributed by atoms with Crippen LogP contribution in [0, 0.1) is 5.92 Å². The van der Waals surface area contributed by atoms with Crippen molar-refractivity contribution in [3.8, 4) is 11.1 Å². The van der Waals surface area contributed by atoms with Gasteiger partial charge in [0.15, 0.2) is 0 Å². The zero-order valence-corrected chi connectivity index (χ0v) is 20.5. The maximum absolute atomic E-state index is 12.8. The van der Waals surface area contributed by atoms with E-state index in [0.717, 1.165) is 11.1 Å². The monoisotopic (exact) mass is 498 g/mol. The lowest BCUT2D eigenvalue weighted by Gasteiger charge is -2.23. The van der Waals surface area contributed by atoms with Crippen molar-refractivity contribution < 1.29 is 29.0 Å². The summed E-state index contributed by atoms with van der Waals surface area (Å²) in [7, 11) is 0. The second kappa shape index (κ2) is 11.6. The van der Waals surface area contributed by atoms with Crippen LogP contribution >= 0.6 is 11.8 Å². The number of hydrogen-bond donors (Lipinski definition) is 2. The number of thioether (sulfide) groups is 1. The molecule has 1 saturated heterocycles. The molecule has 1 aliphatic carbocycles. The fourth-order valence-corrected chi connectivity index (χ4v) is 5.16. The number of ether oxygens (including phenoxy) is 2. The van der Waals surface area contributed by atoms with Crippen LogP contribution in [0.4, 0.5) is 4.79 Å². The van der Waals surface area contributed by atoms with Crippen LogP contribution in [0.3, 0.4) is 0 Å². The smallest absolute Gasteiger partial charge is 0.407 e.